The Kier molecular flexibility index (Phi) is 5.31. The molecule has 1 aliphatic carbocycles. The van der Waals surface area contributed by atoms with E-state index in [2.05, 4.69) is 45.0 Å². The highest BCUT2D eigenvalue weighted by atomic mass is 16.4. The van der Waals surface area contributed by atoms with E-state index in [1.54, 1.807) is 0 Å². The zero-order valence-electron chi connectivity index (χ0n) is 14.3. The predicted octanol–water partition coefficient (Wildman–Crippen LogP) is 5.24. The van der Waals surface area contributed by atoms with Gasteiger partial charge in [-0.15, -0.1) is 0 Å². The summed E-state index contributed by atoms with van der Waals surface area (Å²) in [6, 6.07) is 8.68. The Hall–Kier alpha value is -1.31. The molecule has 2 heteroatoms. The first-order chi connectivity index (χ1) is 10.3. The number of aryl methyl sites for hydroxylation is 2. The molecule has 1 saturated carbocycles. The van der Waals surface area contributed by atoms with Crippen molar-refractivity contribution < 1.29 is 9.90 Å². The zero-order chi connectivity index (χ0) is 16.2. The molecule has 0 heterocycles. The van der Waals surface area contributed by atoms with Crippen LogP contribution in [0.25, 0.3) is 0 Å². The fourth-order valence-electron chi connectivity index (χ4n) is 3.19. The topological polar surface area (TPSA) is 37.3 Å². The molecule has 2 nitrogen and oxygen atoms in total. The van der Waals surface area contributed by atoms with Gasteiger partial charge < -0.3 is 5.11 Å². The molecule has 0 spiro atoms. The van der Waals surface area contributed by atoms with Gasteiger partial charge in [-0.3, -0.25) is 4.79 Å². The zero-order valence-corrected chi connectivity index (χ0v) is 14.3. The van der Waals surface area contributed by atoms with Gasteiger partial charge in [-0.1, -0.05) is 45.0 Å². The average Bonchev–Trinajstić information content (AvgIpc) is 3.20. The van der Waals surface area contributed by atoms with Crippen molar-refractivity contribution in [2.24, 2.45) is 10.8 Å². The van der Waals surface area contributed by atoms with Crippen LogP contribution in [0, 0.1) is 10.8 Å². The molecule has 1 fully saturated rings. The van der Waals surface area contributed by atoms with Gasteiger partial charge in [0.2, 0.25) is 0 Å². The standard InChI is InChI=1S/C20H30O2/c1-19(2,3)12-6-10-16-8-4-5-9-17(16)11-7-13-20(14-15-20)18(21)22/h4-5,8-9H,6-7,10-15H2,1-3H3,(H,21,22). The van der Waals surface area contributed by atoms with E-state index in [1.807, 2.05) is 0 Å². The summed E-state index contributed by atoms with van der Waals surface area (Å²) in [5, 5.41) is 9.25. The van der Waals surface area contributed by atoms with E-state index in [1.165, 1.54) is 24.0 Å². The van der Waals surface area contributed by atoms with Crippen LogP contribution in [0.5, 0.6) is 0 Å². The minimum atomic E-state index is -0.592. The Balaban J connectivity index is 1.84. The first-order valence-corrected chi connectivity index (χ1v) is 8.63. The van der Waals surface area contributed by atoms with Crippen LogP contribution in [-0.4, -0.2) is 11.1 Å². The maximum Gasteiger partial charge on any atom is 0.309 e. The molecular formula is C20H30O2. The van der Waals surface area contributed by atoms with Crippen LogP contribution in [0.15, 0.2) is 24.3 Å². The lowest BCUT2D eigenvalue weighted by atomic mass is 9.87. The number of hydrogen-bond donors (Lipinski definition) is 1. The number of carboxylic acid groups (broad SMARTS) is 1. The Morgan fingerprint density at radius 1 is 1.09 bits per heavy atom. The number of benzene rings is 1. The van der Waals surface area contributed by atoms with Crippen molar-refractivity contribution in [3.05, 3.63) is 35.4 Å². The molecule has 0 unspecified atom stereocenters. The van der Waals surface area contributed by atoms with Crippen molar-refractivity contribution in [2.45, 2.75) is 72.1 Å². The third-order valence-electron chi connectivity index (χ3n) is 4.90. The monoisotopic (exact) mass is 302 g/mol. The molecule has 0 radical (unpaired) electrons. The second-order valence-electron chi connectivity index (χ2n) is 8.12. The minimum absolute atomic E-state index is 0.374. The Bertz CT molecular complexity index is 507. The fraction of sp³-hybridized carbons (Fsp3) is 0.650. The van der Waals surface area contributed by atoms with Crippen LogP contribution >= 0.6 is 0 Å². The second-order valence-corrected chi connectivity index (χ2v) is 8.12. The molecule has 1 aliphatic rings. The molecular weight excluding hydrogens is 272 g/mol. The largest absolute Gasteiger partial charge is 0.481 e. The Labute approximate surface area is 134 Å². The summed E-state index contributed by atoms with van der Waals surface area (Å²) in [7, 11) is 0. The molecule has 0 aliphatic heterocycles. The van der Waals surface area contributed by atoms with Gasteiger partial charge in [0.25, 0.3) is 0 Å². The summed E-state index contributed by atoms with van der Waals surface area (Å²) in [6.45, 7) is 6.87. The van der Waals surface area contributed by atoms with Crippen molar-refractivity contribution in [1.82, 2.24) is 0 Å². The molecule has 0 atom stereocenters. The van der Waals surface area contributed by atoms with Gasteiger partial charge in [-0.2, -0.15) is 0 Å². The molecule has 1 aromatic carbocycles. The van der Waals surface area contributed by atoms with Crippen LogP contribution in [0.3, 0.4) is 0 Å². The summed E-state index contributed by atoms with van der Waals surface area (Å²) >= 11 is 0. The molecule has 22 heavy (non-hydrogen) atoms. The molecule has 2 rings (SSSR count). The lowest BCUT2D eigenvalue weighted by molar-refractivity contribution is -0.143. The quantitative estimate of drug-likeness (QED) is 0.712. The summed E-state index contributed by atoms with van der Waals surface area (Å²) < 4.78 is 0. The summed E-state index contributed by atoms with van der Waals surface area (Å²) in [4.78, 5) is 11.2. The van der Waals surface area contributed by atoms with Crippen molar-refractivity contribution in [3.63, 3.8) is 0 Å². The van der Waals surface area contributed by atoms with Crippen molar-refractivity contribution >= 4 is 5.97 Å². The van der Waals surface area contributed by atoms with E-state index in [0.717, 1.165) is 38.5 Å². The average molecular weight is 302 g/mol. The fourth-order valence-corrected chi connectivity index (χ4v) is 3.19. The van der Waals surface area contributed by atoms with Crippen LogP contribution in [0.1, 0.15) is 70.4 Å². The van der Waals surface area contributed by atoms with E-state index in [9.17, 15) is 9.90 Å². The summed E-state index contributed by atoms with van der Waals surface area (Å²) in [5.41, 5.74) is 2.89. The van der Waals surface area contributed by atoms with Crippen molar-refractivity contribution in [1.29, 1.82) is 0 Å². The Morgan fingerprint density at radius 2 is 1.64 bits per heavy atom. The van der Waals surface area contributed by atoms with E-state index in [-0.39, 0.29) is 5.41 Å². The maximum absolute atomic E-state index is 11.2. The maximum atomic E-state index is 11.2. The van der Waals surface area contributed by atoms with Gasteiger partial charge in [0.05, 0.1) is 5.41 Å². The van der Waals surface area contributed by atoms with E-state index in [0.29, 0.717) is 5.41 Å². The van der Waals surface area contributed by atoms with Crippen molar-refractivity contribution in [3.8, 4) is 0 Å². The predicted molar refractivity (Wildman–Crippen MR) is 91.1 cm³/mol. The highest BCUT2D eigenvalue weighted by Crippen LogP contribution is 2.50. The van der Waals surface area contributed by atoms with Crippen LogP contribution in [-0.2, 0) is 17.6 Å². The van der Waals surface area contributed by atoms with Gasteiger partial charge in [-0.25, -0.2) is 0 Å². The van der Waals surface area contributed by atoms with Gasteiger partial charge in [0, 0.05) is 0 Å². The minimum Gasteiger partial charge on any atom is -0.481 e. The number of carboxylic acids is 1. The molecule has 0 amide bonds. The molecule has 0 aromatic heterocycles. The highest BCUT2D eigenvalue weighted by Gasteiger charge is 2.49. The molecule has 1 aromatic rings. The third-order valence-corrected chi connectivity index (χ3v) is 4.90. The summed E-state index contributed by atoms with van der Waals surface area (Å²) in [5.74, 6) is -0.592. The van der Waals surface area contributed by atoms with Crippen molar-refractivity contribution in [2.75, 3.05) is 0 Å². The molecule has 0 saturated heterocycles. The summed E-state index contributed by atoms with van der Waals surface area (Å²) in [6.07, 6.45) is 8.17. The SMILES string of the molecule is CC(C)(C)CCCc1ccccc1CCCC1(C(=O)O)CC1. The smallest absolute Gasteiger partial charge is 0.309 e. The normalized spacial score (nSPS) is 16.5. The first kappa shape index (κ1) is 17.1. The van der Waals surface area contributed by atoms with Crippen LogP contribution < -0.4 is 0 Å². The number of carbonyl (C=O) groups is 1. The third kappa shape index (κ3) is 4.86. The van der Waals surface area contributed by atoms with Gasteiger partial charge in [0.15, 0.2) is 0 Å². The molecule has 0 bridgehead atoms. The van der Waals surface area contributed by atoms with Gasteiger partial charge in [-0.05, 0) is 67.9 Å². The number of rotatable bonds is 8. The van der Waals surface area contributed by atoms with E-state index >= 15 is 0 Å². The van der Waals surface area contributed by atoms with Gasteiger partial charge in [0.1, 0.15) is 0 Å². The van der Waals surface area contributed by atoms with E-state index in [4.69, 9.17) is 0 Å². The highest BCUT2D eigenvalue weighted by molar-refractivity contribution is 5.77. The Morgan fingerprint density at radius 3 is 2.09 bits per heavy atom. The van der Waals surface area contributed by atoms with Crippen LogP contribution in [0.2, 0.25) is 0 Å². The molecule has 1 N–H and O–H groups in total. The van der Waals surface area contributed by atoms with Crippen LogP contribution in [0.4, 0.5) is 0 Å². The second kappa shape index (κ2) is 6.85. The van der Waals surface area contributed by atoms with E-state index < -0.39 is 5.97 Å². The molecule has 122 valence electrons. The number of aliphatic carboxylic acids is 1. The number of hydrogen-bond acceptors (Lipinski definition) is 1. The first-order valence-electron chi connectivity index (χ1n) is 8.63. The van der Waals surface area contributed by atoms with Gasteiger partial charge >= 0.3 is 5.97 Å². The lowest BCUT2D eigenvalue weighted by Gasteiger charge is -2.18. The lowest BCUT2D eigenvalue weighted by Crippen LogP contribution is -2.14.